The summed E-state index contributed by atoms with van der Waals surface area (Å²) in [6, 6.07) is 12.8. The van der Waals surface area contributed by atoms with Gasteiger partial charge >= 0.3 is 6.18 Å². The Labute approximate surface area is 146 Å². The van der Waals surface area contributed by atoms with E-state index in [0.717, 1.165) is 36.4 Å². The van der Waals surface area contributed by atoms with Gasteiger partial charge in [0.05, 0.1) is 12.2 Å². The predicted molar refractivity (Wildman–Crippen MR) is 95.3 cm³/mol. The highest BCUT2D eigenvalue weighted by Gasteiger charge is 2.30. The average Bonchev–Trinajstić information content (AvgIpc) is 2.60. The van der Waals surface area contributed by atoms with Crippen molar-refractivity contribution >= 4 is 11.4 Å². The van der Waals surface area contributed by atoms with Gasteiger partial charge in [-0.05, 0) is 48.9 Å². The van der Waals surface area contributed by atoms with Gasteiger partial charge < -0.3 is 15.4 Å². The SMILES string of the molecule is CCCCOc1ccc(NCCNc2cccc(C(F)(F)F)c2)cc1. The molecule has 0 aliphatic carbocycles. The Kier molecular flexibility index (Phi) is 6.98. The molecule has 6 heteroatoms. The molecule has 0 bridgehead atoms. The number of unbranched alkanes of at least 4 members (excludes halogenated alkanes) is 1. The molecule has 2 aromatic carbocycles. The fourth-order valence-corrected chi connectivity index (χ4v) is 2.22. The zero-order valence-corrected chi connectivity index (χ0v) is 14.2. The molecule has 0 fully saturated rings. The molecule has 0 saturated heterocycles. The van der Waals surface area contributed by atoms with Crippen LogP contribution in [0.3, 0.4) is 0 Å². The van der Waals surface area contributed by atoms with Crippen molar-refractivity contribution < 1.29 is 17.9 Å². The zero-order chi connectivity index (χ0) is 18.1. The first-order chi connectivity index (χ1) is 12.0. The number of nitrogens with one attached hydrogen (secondary N) is 2. The molecule has 0 aliphatic rings. The van der Waals surface area contributed by atoms with Crippen LogP contribution in [0.1, 0.15) is 25.3 Å². The number of halogens is 3. The van der Waals surface area contributed by atoms with E-state index in [0.29, 0.717) is 25.4 Å². The lowest BCUT2D eigenvalue weighted by Crippen LogP contribution is -2.14. The predicted octanol–water partition coefficient (Wildman–Crippen LogP) is 5.41. The number of hydrogen-bond donors (Lipinski definition) is 2. The molecule has 25 heavy (non-hydrogen) atoms. The molecule has 0 heterocycles. The summed E-state index contributed by atoms with van der Waals surface area (Å²) >= 11 is 0. The highest BCUT2D eigenvalue weighted by molar-refractivity contribution is 5.48. The summed E-state index contributed by atoms with van der Waals surface area (Å²) in [6.07, 6.45) is -2.20. The molecule has 0 spiro atoms. The molecule has 0 aliphatic heterocycles. The monoisotopic (exact) mass is 352 g/mol. The van der Waals surface area contributed by atoms with Gasteiger partial charge in [0.25, 0.3) is 0 Å². The number of ether oxygens (including phenoxy) is 1. The maximum Gasteiger partial charge on any atom is 0.416 e. The van der Waals surface area contributed by atoms with E-state index in [1.54, 1.807) is 6.07 Å². The van der Waals surface area contributed by atoms with E-state index in [9.17, 15) is 13.2 Å². The standard InChI is InChI=1S/C19H23F3N2O/c1-2-3-13-25-18-9-7-16(8-10-18)23-11-12-24-17-6-4-5-15(14-17)19(20,21)22/h4-10,14,23-24H,2-3,11-13H2,1H3. The molecule has 2 aromatic rings. The number of hydrogen-bond acceptors (Lipinski definition) is 3. The van der Waals surface area contributed by atoms with Gasteiger partial charge in [-0.25, -0.2) is 0 Å². The summed E-state index contributed by atoms with van der Waals surface area (Å²) in [7, 11) is 0. The largest absolute Gasteiger partial charge is 0.494 e. The highest BCUT2D eigenvalue weighted by Crippen LogP contribution is 2.30. The van der Waals surface area contributed by atoms with E-state index in [4.69, 9.17) is 4.74 Å². The van der Waals surface area contributed by atoms with Crippen LogP contribution in [0.25, 0.3) is 0 Å². The quantitative estimate of drug-likeness (QED) is 0.592. The zero-order valence-electron chi connectivity index (χ0n) is 14.2. The van der Waals surface area contributed by atoms with E-state index in [-0.39, 0.29) is 0 Å². The van der Waals surface area contributed by atoms with E-state index >= 15 is 0 Å². The number of alkyl halides is 3. The van der Waals surface area contributed by atoms with Crippen LogP contribution in [0, 0.1) is 0 Å². The van der Waals surface area contributed by atoms with Crippen molar-refractivity contribution in [3.63, 3.8) is 0 Å². The van der Waals surface area contributed by atoms with Gasteiger partial charge in [-0.15, -0.1) is 0 Å². The first-order valence-electron chi connectivity index (χ1n) is 8.37. The van der Waals surface area contributed by atoms with Crippen LogP contribution in [0.15, 0.2) is 48.5 Å². The minimum atomic E-state index is -4.32. The van der Waals surface area contributed by atoms with E-state index in [1.807, 2.05) is 24.3 Å². The first kappa shape index (κ1) is 19.0. The Bertz CT molecular complexity index is 642. The van der Waals surface area contributed by atoms with E-state index in [2.05, 4.69) is 17.6 Å². The van der Waals surface area contributed by atoms with Crippen molar-refractivity contribution in [2.75, 3.05) is 30.3 Å². The van der Waals surface area contributed by atoms with Gasteiger partial charge in [0.2, 0.25) is 0 Å². The van der Waals surface area contributed by atoms with E-state index < -0.39 is 11.7 Å². The maximum absolute atomic E-state index is 12.7. The van der Waals surface area contributed by atoms with Gasteiger partial charge in [-0.2, -0.15) is 13.2 Å². The summed E-state index contributed by atoms with van der Waals surface area (Å²) in [5, 5.41) is 6.20. The van der Waals surface area contributed by atoms with Gasteiger partial charge in [-0.1, -0.05) is 19.4 Å². The maximum atomic E-state index is 12.7. The Morgan fingerprint density at radius 2 is 1.60 bits per heavy atom. The van der Waals surface area contributed by atoms with Gasteiger partial charge in [-0.3, -0.25) is 0 Å². The van der Waals surface area contributed by atoms with Gasteiger partial charge in [0.15, 0.2) is 0 Å². The van der Waals surface area contributed by atoms with E-state index in [1.165, 1.54) is 6.07 Å². The molecule has 0 aromatic heterocycles. The van der Waals surface area contributed by atoms with Crippen LogP contribution in [0.2, 0.25) is 0 Å². The normalized spacial score (nSPS) is 11.2. The van der Waals surface area contributed by atoms with Crippen LogP contribution in [0.4, 0.5) is 24.5 Å². The van der Waals surface area contributed by atoms with Crippen LogP contribution in [0.5, 0.6) is 5.75 Å². The minimum absolute atomic E-state index is 0.455. The molecule has 136 valence electrons. The van der Waals surface area contributed by atoms with Crippen molar-refractivity contribution in [3.8, 4) is 5.75 Å². The van der Waals surface area contributed by atoms with Crippen LogP contribution < -0.4 is 15.4 Å². The van der Waals surface area contributed by atoms with Crippen LogP contribution in [-0.2, 0) is 6.18 Å². The van der Waals surface area contributed by atoms with Crippen molar-refractivity contribution in [2.45, 2.75) is 25.9 Å². The fraction of sp³-hybridized carbons (Fsp3) is 0.368. The minimum Gasteiger partial charge on any atom is -0.494 e. The summed E-state index contributed by atoms with van der Waals surface area (Å²) in [4.78, 5) is 0. The second-order valence-electron chi connectivity index (χ2n) is 5.66. The Morgan fingerprint density at radius 3 is 2.24 bits per heavy atom. The van der Waals surface area contributed by atoms with Crippen molar-refractivity contribution in [2.24, 2.45) is 0 Å². The number of anilines is 2. The molecule has 3 nitrogen and oxygen atoms in total. The number of benzene rings is 2. The molecular formula is C19H23F3N2O. The van der Waals surface area contributed by atoms with Crippen LogP contribution in [-0.4, -0.2) is 19.7 Å². The van der Waals surface area contributed by atoms with Crippen molar-refractivity contribution in [3.05, 3.63) is 54.1 Å². The lowest BCUT2D eigenvalue weighted by molar-refractivity contribution is -0.137. The molecule has 0 atom stereocenters. The third-order valence-corrected chi connectivity index (χ3v) is 3.59. The third kappa shape index (κ3) is 6.57. The molecule has 2 rings (SSSR count). The molecule has 0 radical (unpaired) electrons. The molecule has 2 N–H and O–H groups in total. The molecule has 0 saturated carbocycles. The third-order valence-electron chi connectivity index (χ3n) is 3.59. The summed E-state index contributed by atoms with van der Waals surface area (Å²) < 4.78 is 43.6. The summed E-state index contributed by atoms with van der Waals surface area (Å²) in [6.45, 7) is 3.93. The Hall–Kier alpha value is -2.37. The van der Waals surface area contributed by atoms with Crippen molar-refractivity contribution in [1.29, 1.82) is 0 Å². The molecule has 0 unspecified atom stereocenters. The van der Waals surface area contributed by atoms with Crippen molar-refractivity contribution in [1.82, 2.24) is 0 Å². The van der Waals surface area contributed by atoms with Crippen LogP contribution >= 0.6 is 0 Å². The lowest BCUT2D eigenvalue weighted by Gasteiger charge is -2.12. The average molecular weight is 352 g/mol. The highest BCUT2D eigenvalue weighted by atomic mass is 19.4. The smallest absolute Gasteiger partial charge is 0.416 e. The second kappa shape index (κ2) is 9.20. The molecular weight excluding hydrogens is 329 g/mol. The van der Waals surface area contributed by atoms with Gasteiger partial charge in [0.1, 0.15) is 5.75 Å². The second-order valence-corrected chi connectivity index (χ2v) is 5.66. The fourth-order valence-electron chi connectivity index (χ4n) is 2.22. The number of rotatable bonds is 9. The molecule has 0 amide bonds. The summed E-state index contributed by atoms with van der Waals surface area (Å²) in [5.41, 5.74) is 0.745. The Balaban J connectivity index is 1.74. The summed E-state index contributed by atoms with van der Waals surface area (Å²) in [5.74, 6) is 0.834. The van der Waals surface area contributed by atoms with Gasteiger partial charge in [0, 0.05) is 24.5 Å². The topological polar surface area (TPSA) is 33.3 Å². The first-order valence-corrected chi connectivity index (χ1v) is 8.37. The lowest BCUT2D eigenvalue weighted by atomic mass is 10.2. The Morgan fingerprint density at radius 1 is 0.920 bits per heavy atom.